The fraction of sp³-hybridized carbons (Fsp3) is 0.286. The number of rotatable bonds is 3. The van der Waals surface area contributed by atoms with Gasteiger partial charge in [0.25, 0.3) is 11.8 Å². The third-order valence-corrected chi connectivity index (χ3v) is 6.59. The Hall–Kier alpha value is -3.20. The van der Waals surface area contributed by atoms with E-state index in [0.29, 0.717) is 43.0 Å². The van der Waals surface area contributed by atoms with Crippen molar-refractivity contribution in [2.24, 2.45) is 0 Å². The first-order chi connectivity index (χ1) is 14.2. The molecule has 2 aromatic carbocycles. The number of carbonyl (C=O) groups is 3. The number of carbonyl (C=O) groups excluding carboxylic acids is 3. The third kappa shape index (κ3) is 3.35. The van der Waals surface area contributed by atoms with Crippen molar-refractivity contribution in [1.29, 1.82) is 0 Å². The molecule has 0 spiro atoms. The number of sulfone groups is 1. The molecule has 0 aliphatic carbocycles. The summed E-state index contributed by atoms with van der Waals surface area (Å²) in [6.07, 6.45) is 1.08. The van der Waals surface area contributed by atoms with Crippen LogP contribution in [0.1, 0.15) is 27.6 Å². The molecule has 2 heterocycles. The lowest BCUT2D eigenvalue weighted by Gasteiger charge is -2.37. The molecule has 0 saturated carbocycles. The van der Waals surface area contributed by atoms with Crippen molar-refractivity contribution in [3.05, 3.63) is 53.6 Å². The van der Waals surface area contributed by atoms with Gasteiger partial charge in [-0.25, -0.2) is 13.3 Å². The van der Waals surface area contributed by atoms with Crippen molar-refractivity contribution in [3.63, 3.8) is 0 Å². The highest BCUT2D eigenvalue weighted by Crippen LogP contribution is 2.37. The molecule has 156 valence electrons. The van der Waals surface area contributed by atoms with Crippen LogP contribution in [0.3, 0.4) is 0 Å². The predicted molar refractivity (Wildman–Crippen MR) is 112 cm³/mol. The summed E-state index contributed by atoms with van der Waals surface area (Å²) in [6, 6.07) is 11.0. The summed E-state index contributed by atoms with van der Waals surface area (Å²) in [6.45, 7) is 3.54. The molecule has 0 atom stereocenters. The van der Waals surface area contributed by atoms with Gasteiger partial charge in [-0.1, -0.05) is 12.1 Å². The van der Waals surface area contributed by atoms with Crippen LogP contribution < -0.4 is 9.80 Å². The zero-order chi connectivity index (χ0) is 21.6. The van der Waals surface area contributed by atoms with Crippen LogP contribution in [0.2, 0.25) is 0 Å². The minimum absolute atomic E-state index is 0.0114. The second kappa shape index (κ2) is 7.24. The molecule has 1 fully saturated rings. The molecule has 2 aliphatic rings. The SMILES string of the molecule is CC(=O)N1CCN(c2ccc(S(C)(=O)=O)cc2N2C(=O)c3ccccc3C2=O)CC1. The number of piperazine rings is 1. The van der Waals surface area contributed by atoms with Crippen LogP contribution in [0.5, 0.6) is 0 Å². The average molecular weight is 427 g/mol. The average Bonchev–Trinajstić information content (AvgIpc) is 2.97. The van der Waals surface area contributed by atoms with Gasteiger partial charge in [-0.15, -0.1) is 0 Å². The summed E-state index contributed by atoms with van der Waals surface area (Å²) in [5, 5.41) is 0. The molecule has 2 aliphatic heterocycles. The molecular formula is C21H21N3O5S. The second-order valence-electron chi connectivity index (χ2n) is 7.41. The van der Waals surface area contributed by atoms with E-state index in [1.807, 2.05) is 4.90 Å². The summed E-state index contributed by atoms with van der Waals surface area (Å²) in [7, 11) is -3.55. The molecule has 0 bridgehead atoms. The monoisotopic (exact) mass is 427 g/mol. The molecule has 1 saturated heterocycles. The van der Waals surface area contributed by atoms with Crippen LogP contribution in [0, 0.1) is 0 Å². The number of amides is 3. The van der Waals surface area contributed by atoms with Crippen LogP contribution in [0.4, 0.5) is 11.4 Å². The van der Waals surface area contributed by atoms with Gasteiger partial charge in [-0.3, -0.25) is 14.4 Å². The number of hydrogen-bond acceptors (Lipinski definition) is 6. The third-order valence-electron chi connectivity index (χ3n) is 5.48. The standard InChI is InChI=1S/C21H21N3O5S/c1-14(25)22-9-11-23(12-10-22)18-8-7-15(30(2,28)29)13-19(18)24-20(26)16-5-3-4-6-17(16)21(24)27/h3-8,13H,9-12H2,1-2H3. The maximum Gasteiger partial charge on any atom is 0.266 e. The maximum atomic E-state index is 13.0. The fourth-order valence-corrected chi connectivity index (χ4v) is 4.49. The van der Waals surface area contributed by atoms with Gasteiger partial charge in [0.1, 0.15) is 0 Å². The molecular weight excluding hydrogens is 406 g/mol. The van der Waals surface area contributed by atoms with Gasteiger partial charge >= 0.3 is 0 Å². The van der Waals surface area contributed by atoms with E-state index in [-0.39, 0.29) is 16.5 Å². The van der Waals surface area contributed by atoms with Gasteiger partial charge in [0.15, 0.2) is 9.84 Å². The van der Waals surface area contributed by atoms with Crippen molar-refractivity contribution in [1.82, 2.24) is 4.90 Å². The van der Waals surface area contributed by atoms with E-state index in [4.69, 9.17) is 0 Å². The van der Waals surface area contributed by atoms with E-state index in [0.717, 1.165) is 11.2 Å². The van der Waals surface area contributed by atoms with Crippen molar-refractivity contribution in [2.45, 2.75) is 11.8 Å². The number of nitrogens with zero attached hydrogens (tertiary/aromatic N) is 3. The van der Waals surface area contributed by atoms with Gasteiger partial charge in [-0.05, 0) is 30.3 Å². The van der Waals surface area contributed by atoms with Crippen LogP contribution in [-0.4, -0.2) is 63.5 Å². The first kappa shape index (κ1) is 20.1. The Morgan fingerprint density at radius 1 is 0.867 bits per heavy atom. The summed E-state index contributed by atoms with van der Waals surface area (Å²) >= 11 is 0. The highest BCUT2D eigenvalue weighted by molar-refractivity contribution is 7.90. The van der Waals surface area contributed by atoms with E-state index >= 15 is 0 Å². The molecule has 0 aromatic heterocycles. The Kier molecular flexibility index (Phi) is 4.85. The summed E-state index contributed by atoms with van der Waals surface area (Å²) in [4.78, 5) is 42.4. The topological polar surface area (TPSA) is 95.1 Å². The zero-order valence-electron chi connectivity index (χ0n) is 16.7. The Bertz CT molecular complexity index is 1130. The van der Waals surface area contributed by atoms with Crippen molar-refractivity contribution in [3.8, 4) is 0 Å². The first-order valence-electron chi connectivity index (χ1n) is 9.51. The van der Waals surface area contributed by atoms with Crippen molar-refractivity contribution < 1.29 is 22.8 Å². The Morgan fingerprint density at radius 3 is 1.93 bits per heavy atom. The minimum atomic E-state index is -3.55. The largest absolute Gasteiger partial charge is 0.366 e. The van der Waals surface area contributed by atoms with Crippen molar-refractivity contribution >= 4 is 38.9 Å². The normalized spacial score (nSPS) is 16.8. The number of fused-ring (bicyclic) bond motifs is 1. The second-order valence-corrected chi connectivity index (χ2v) is 9.42. The van der Waals surface area contributed by atoms with Gasteiger partial charge in [-0.2, -0.15) is 0 Å². The maximum absolute atomic E-state index is 13.0. The number of benzene rings is 2. The lowest BCUT2D eigenvalue weighted by Crippen LogP contribution is -2.48. The predicted octanol–water partition coefficient (Wildman–Crippen LogP) is 1.56. The quantitative estimate of drug-likeness (QED) is 0.690. The molecule has 4 rings (SSSR count). The Morgan fingerprint density at radius 2 is 1.43 bits per heavy atom. The molecule has 30 heavy (non-hydrogen) atoms. The Labute approximate surface area is 174 Å². The highest BCUT2D eigenvalue weighted by atomic mass is 32.2. The fourth-order valence-electron chi connectivity index (χ4n) is 3.85. The molecule has 9 heteroatoms. The van der Waals surface area contributed by atoms with E-state index in [1.54, 1.807) is 35.2 Å². The number of imide groups is 1. The van der Waals surface area contributed by atoms with Crippen LogP contribution in [-0.2, 0) is 14.6 Å². The highest BCUT2D eigenvalue weighted by Gasteiger charge is 2.38. The number of hydrogen-bond donors (Lipinski definition) is 0. The lowest BCUT2D eigenvalue weighted by molar-refractivity contribution is -0.129. The molecule has 0 N–H and O–H groups in total. The summed E-state index contributed by atoms with van der Waals surface area (Å²) in [5.74, 6) is -0.975. The molecule has 2 aromatic rings. The lowest BCUT2D eigenvalue weighted by atomic mass is 10.1. The number of anilines is 2. The minimum Gasteiger partial charge on any atom is -0.366 e. The van der Waals surface area contributed by atoms with Crippen LogP contribution in [0.15, 0.2) is 47.4 Å². The summed E-state index contributed by atoms with van der Waals surface area (Å²) < 4.78 is 24.3. The van der Waals surface area contributed by atoms with E-state index in [2.05, 4.69) is 0 Å². The molecule has 0 unspecified atom stereocenters. The molecule has 0 radical (unpaired) electrons. The van der Waals surface area contributed by atoms with Gasteiger partial charge < -0.3 is 9.80 Å². The zero-order valence-corrected chi connectivity index (χ0v) is 17.5. The van der Waals surface area contributed by atoms with E-state index < -0.39 is 21.7 Å². The van der Waals surface area contributed by atoms with Crippen LogP contribution in [0.25, 0.3) is 0 Å². The van der Waals surface area contributed by atoms with Gasteiger partial charge in [0.2, 0.25) is 5.91 Å². The molecule has 8 nitrogen and oxygen atoms in total. The summed E-state index contributed by atoms with van der Waals surface area (Å²) in [5.41, 5.74) is 1.40. The Balaban J connectivity index is 1.79. The van der Waals surface area contributed by atoms with E-state index in [9.17, 15) is 22.8 Å². The first-order valence-corrected chi connectivity index (χ1v) is 11.4. The van der Waals surface area contributed by atoms with Crippen molar-refractivity contribution in [2.75, 3.05) is 42.2 Å². The smallest absolute Gasteiger partial charge is 0.266 e. The van der Waals surface area contributed by atoms with E-state index in [1.165, 1.54) is 19.1 Å². The van der Waals surface area contributed by atoms with Crippen LogP contribution >= 0.6 is 0 Å². The van der Waals surface area contributed by atoms with Gasteiger partial charge in [0.05, 0.1) is 27.4 Å². The molecule has 3 amide bonds. The van der Waals surface area contributed by atoms with Gasteiger partial charge in [0, 0.05) is 39.4 Å².